The molecule has 0 rings (SSSR count). The van der Waals surface area contributed by atoms with Crippen LogP contribution in [-0.4, -0.2) is 31.8 Å². The second-order valence-corrected chi connectivity index (χ2v) is 15.1. The summed E-state index contributed by atoms with van der Waals surface area (Å²) in [5.41, 5.74) is 13.7. The molecule has 0 fully saturated rings. The van der Waals surface area contributed by atoms with Crippen molar-refractivity contribution >= 4 is 8.32 Å². The summed E-state index contributed by atoms with van der Waals surface area (Å²) in [4.78, 5) is 2.85. The van der Waals surface area contributed by atoms with Crippen molar-refractivity contribution in [2.45, 2.75) is 135 Å². The van der Waals surface area contributed by atoms with E-state index in [0.717, 1.165) is 12.8 Å². The van der Waals surface area contributed by atoms with Crippen LogP contribution in [-0.2, 0) is 4.43 Å². The van der Waals surface area contributed by atoms with Crippen LogP contribution in [0.4, 0.5) is 0 Å². The molecule has 0 unspecified atom stereocenters. The summed E-state index contributed by atoms with van der Waals surface area (Å²) in [6, 6.07) is 0. The standard InChI is InChI=1S/C24H50N4O2Si/c1-7-8-9-10-11-12-13-14-15-16-17-18-19-20-22(24(25,21-29)27-28-26)30-31(5,6)23(2,3)4/h19-20,22,29H,7-18,21,25H2,1-6H3/b20-19+/t22-,24-/m1/s1. The Morgan fingerprint density at radius 2 is 1.48 bits per heavy atom. The van der Waals surface area contributed by atoms with Gasteiger partial charge in [-0.25, -0.2) is 0 Å². The molecule has 31 heavy (non-hydrogen) atoms. The van der Waals surface area contributed by atoms with Gasteiger partial charge in [0.2, 0.25) is 0 Å². The molecule has 0 aliphatic rings. The Bertz CT molecular complexity index is 542. The van der Waals surface area contributed by atoms with E-state index in [1.54, 1.807) is 0 Å². The maximum Gasteiger partial charge on any atom is 0.192 e. The zero-order chi connectivity index (χ0) is 23.8. The van der Waals surface area contributed by atoms with Crippen molar-refractivity contribution in [2.75, 3.05) is 6.61 Å². The van der Waals surface area contributed by atoms with Crippen LogP contribution in [0.2, 0.25) is 18.1 Å². The first-order valence-electron chi connectivity index (χ1n) is 12.3. The Kier molecular flexibility index (Phi) is 15.4. The fraction of sp³-hybridized carbons (Fsp3) is 0.917. The first-order valence-corrected chi connectivity index (χ1v) is 15.3. The number of hydrogen-bond donors (Lipinski definition) is 2. The molecule has 0 heterocycles. The van der Waals surface area contributed by atoms with Crippen LogP contribution in [0.15, 0.2) is 17.3 Å². The maximum absolute atomic E-state index is 9.80. The number of nitrogens with two attached hydrogens (primary N) is 1. The van der Waals surface area contributed by atoms with E-state index in [4.69, 9.17) is 15.7 Å². The van der Waals surface area contributed by atoms with E-state index in [0.29, 0.717) is 0 Å². The third-order valence-corrected chi connectivity index (χ3v) is 10.9. The fourth-order valence-corrected chi connectivity index (χ4v) is 4.48. The molecule has 0 aliphatic heterocycles. The molecule has 0 spiro atoms. The second kappa shape index (κ2) is 15.9. The molecule has 0 aromatic carbocycles. The lowest BCUT2D eigenvalue weighted by Gasteiger charge is -2.42. The molecule has 0 aliphatic carbocycles. The first kappa shape index (κ1) is 30.1. The number of aliphatic hydroxyl groups is 1. The predicted octanol–water partition coefficient (Wildman–Crippen LogP) is 7.59. The molecule has 3 N–H and O–H groups in total. The summed E-state index contributed by atoms with van der Waals surface area (Å²) < 4.78 is 6.42. The Morgan fingerprint density at radius 1 is 1.00 bits per heavy atom. The van der Waals surface area contributed by atoms with Gasteiger partial charge < -0.3 is 15.3 Å². The van der Waals surface area contributed by atoms with Gasteiger partial charge in [0, 0.05) is 4.91 Å². The number of rotatable bonds is 18. The Balaban J connectivity index is 4.49. The topological polar surface area (TPSA) is 104 Å². The van der Waals surface area contributed by atoms with Gasteiger partial charge >= 0.3 is 0 Å². The van der Waals surface area contributed by atoms with Crippen molar-refractivity contribution in [3.63, 3.8) is 0 Å². The number of nitrogens with zero attached hydrogens (tertiary/aromatic N) is 3. The third-order valence-electron chi connectivity index (χ3n) is 6.49. The van der Waals surface area contributed by atoms with Crippen LogP contribution in [0.5, 0.6) is 0 Å². The van der Waals surface area contributed by atoms with Gasteiger partial charge in [0.15, 0.2) is 8.32 Å². The molecule has 0 radical (unpaired) electrons. The van der Waals surface area contributed by atoms with Gasteiger partial charge in [-0.15, -0.1) is 0 Å². The second-order valence-electron chi connectivity index (χ2n) is 10.4. The van der Waals surface area contributed by atoms with Crippen LogP contribution in [0.3, 0.4) is 0 Å². The molecule has 6 nitrogen and oxygen atoms in total. The van der Waals surface area contributed by atoms with E-state index >= 15 is 0 Å². The Labute approximate surface area is 192 Å². The normalized spacial score (nSPS) is 15.6. The summed E-state index contributed by atoms with van der Waals surface area (Å²) in [6.07, 6.45) is 18.8. The van der Waals surface area contributed by atoms with Crippen molar-refractivity contribution < 1.29 is 9.53 Å². The highest BCUT2D eigenvalue weighted by molar-refractivity contribution is 6.74. The van der Waals surface area contributed by atoms with Gasteiger partial charge in [-0.3, -0.25) is 0 Å². The summed E-state index contributed by atoms with van der Waals surface area (Å²) in [7, 11) is -2.15. The van der Waals surface area contributed by atoms with Crippen molar-refractivity contribution in [1.82, 2.24) is 0 Å². The van der Waals surface area contributed by atoms with Gasteiger partial charge in [0.1, 0.15) is 5.66 Å². The molecular weight excluding hydrogens is 404 g/mol. The summed E-state index contributed by atoms with van der Waals surface area (Å²) in [5, 5.41) is 13.5. The highest BCUT2D eigenvalue weighted by atomic mass is 28.4. The van der Waals surface area contributed by atoms with E-state index in [9.17, 15) is 5.11 Å². The minimum Gasteiger partial charge on any atom is -0.408 e. The van der Waals surface area contributed by atoms with Crippen LogP contribution in [0.1, 0.15) is 105 Å². The zero-order valence-electron chi connectivity index (χ0n) is 21.2. The molecule has 182 valence electrons. The van der Waals surface area contributed by atoms with Gasteiger partial charge in [0.25, 0.3) is 0 Å². The highest BCUT2D eigenvalue weighted by Crippen LogP contribution is 2.38. The SMILES string of the molecule is CCCCCCCCCCCCC/C=C/[C@@H](O[Si](C)(C)C(C)(C)C)[C@@](N)(CO)N=[N+]=[N-]. The average molecular weight is 455 g/mol. The first-order chi connectivity index (χ1) is 14.5. The highest BCUT2D eigenvalue weighted by Gasteiger charge is 2.43. The van der Waals surface area contributed by atoms with E-state index < -0.39 is 26.7 Å². The molecular formula is C24H50N4O2Si. The quantitative estimate of drug-likeness (QED) is 0.0556. The van der Waals surface area contributed by atoms with Crippen molar-refractivity contribution in [2.24, 2.45) is 10.8 Å². The molecule has 0 aromatic rings. The number of allylic oxidation sites excluding steroid dienone is 1. The van der Waals surface area contributed by atoms with Crippen LogP contribution in [0, 0.1) is 0 Å². The largest absolute Gasteiger partial charge is 0.408 e. The molecule has 0 saturated heterocycles. The zero-order valence-corrected chi connectivity index (χ0v) is 22.2. The molecule has 0 amide bonds. The van der Waals surface area contributed by atoms with Gasteiger partial charge in [0.05, 0.1) is 12.7 Å². The molecule has 7 heteroatoms. The average Bonchev–Trinajstić information content (AvgIpc) is 2.69. The monoisotopic (exact) mass is 454 g/mol. The maximum atomic E-state index is 9.80. The van der Waals surface area contributed by atoms with Crippen LogP contribution in [0.25, 0.3) is 10.4 Å². The lowest BCUT2D eigenvalue weighted by molar-refractivity contribution is 0.0845. The van der Waals surface area contributed by atoms with Crippen LogP contribution >= 0.6 is 0 Å². The smallest absolute Gasteiger partial charge is 0.192 e. The Hall–Kier alpha value is -0.853. The number of aliphatic hydroxyl groups excluding tert-OH is 1. The van der Waals surface area contributed by atoms with Crippen molar-refractivity contribution in [3.05, 3.63) is 22.6 Å². The predicted molar refractivity (Wildman–Crippen MR) is 135 cm³/mol. The third kappa shape index (κ3) is 12.7. The number of unbranched alkanes of at least 4 members (excludes halogenated alkanes) is 11. The molecule has 0 aromatic heterocycles. The van der Waals surface area contributed by atoms with E-state index in [2.05, 4.69) is 56.9 Å². The van der Waals surface area contributed by atoms with Crippen LogP contribution < -0.4 is 5.73 Å². The molecule has 0 saturated carbocycles. The lowest BCUT2D eigenvalue weighted by Crippen LogP contribution is -2.57. The van der Waals surface area contributed by atoms with E-state index in [-0.39, 0.29) is 5.04 Å². The van der Waals surface area contributed by atoms with Crippen molar-refractivity contribution in [3.8, 4) is 0 Å². The number of hydrogen-bond acceptors (Lipinski definition) is 4. The summed E-state index contributed by atoms with van der Waals surface area (Å²) in [5.74, 6) is 0. The molecule has 0 bridgehead atoms. The summed E-state index contributed by atoms with van der Waals surface area (Å²) in [6.45, 7) is 12.5. The van der Waals surface area contributed by atoms with E-state index in [1.165, 1.54) is 64.2 Å². The van der Waals surface area contributed by atoms with Crippen molar-refractivity contribution in [1.29, 1.82) is 0 Å². The number of azide groups is 1. The fourth-order valence-electron chi connectivity index (χ4n) is 3.21. The Morgan fingerprint density at radius 3 is 1.90 bits per heavy atom. The minimum absolute atomic E-state index is 0.0121. The van der Waals surface area contributed by atoms with Gasteiger partial charge in [-0.2, -0.15) is 0 Å². The minimum atomic E-state index is -2.15. The van der Waals surface area contributed by atoms with E-state index in [1.807, 2.05) is 6.08 Å². The van der Waals surface area contributed by atoms with Gasteiger partial charge in [-0.05, 0) is 36.5 Å². The molecule has 2 atom stereocenters. The van der Waals surface area contributed by atoms with Gasteiger partial charge in [-0.1, -0.05) is 109 Å². The lowest BCUT2D eigenvalue weighted by atomic mass is 10.0. The summed E-state index contributed by atoms with van der Waals surface area (Å²) >= 11 is 0.